The van der Waals surface area contributed by atoms with Gasteiger partial charge in [-0.1, -0.05) is 12.1 Å². The number of carbonyl (C=O) groups excluding carboxylic acids is 1. The third kappa shape index (κ3) is 6.79. The smallest absolute Gasteiger partial charge is 0.428 e. The molecule has 0 spiro atoms. The molecule has 29 heavy (non-hydrogen) atoms. The molecule has 2 rings (SSSR count). The highest BCUT2D eigenvalue weighted by Gasteiger charge is 2.16. The molecule has 0 saturated carbocycles. The number of anilines is 1. The molecule has 0 heterocycles. The maximum atomic E-state index is 12.5. The number of amides is 1. The Bertz CT molecular complexity index is 976. The topological polar surface area (TPSA) is 106 Å². The van der Waals surface area contributed by atoms with E-state index in [1.54, 1.807) is 64.1 Å². The summed E-state index contributed by atoms with van der Waals surface area (Å²) in [6, 6.07) is 12.7. The second-order valence-electron chi connectivity index (χ2n) is 7.17. The fraction of sp³-hybridized carbons (Fsp3) is 0.300. The van der Waals surface area contributed by atoms with Crippen molar-refractivity contribution in [2.24, 2.45) is 5.10 Å². The normalized spacial score (nSPS) is 12.2. The van der Waals surface area contributed by atoms with Gasteiger partial charge in [-0.15, -0.1) is 0 Å². The van der Waals surface area contributed by atoms with Crippen LogP contribution < -0.4 is 14.9 Å². The SMILES string of the molecule is COc1ccc(NS(=O)(=O)c2ccc(/C(C)=N\NC(=O)OC(C)(C)C)cc2)cc1. The molecule has 0 aromatic heterocycles. The fourth-order valence-electron chi connectivity index (χ4n) is 2.24. The van der Waals surface area contributed by atoms with Crippen molar-refractivity contribution in [1.82, 2.24) is 5.43 Å². The van der Waals surface area contributed by atoms with Crippen molar-refractivity contribution >= 4 is 27.5 Å². The lowest BCUT2D eigenvalue weighted by Gasteiger charge is -2.18. The number of nitrogens with one attached hydrogen (secondary N) is 2. The Kier molecular flexibility index (Phi) is 6.86. The molecule has 0 saturated heterocycles. The lowest BCUT2D eigenvalue weighted by Crippen LogP contribution is -2.30. The first-order chi connectivity index (χ1) is 13.5. The molecule has 0 aliphatic rings. The summed E-state index contributed by atoms with van der Waals surface area (Å²) in [5, 5.41) is 3.97. The minimum atomic E-state index is -3.74. The zero-order chi connectivity index (χ0) is 21.7. The van der Waals surface area contributed by atoms with E-state index < -0.39 is 21.7 Å². The van der Waals surface area contributed by atoms with Gasteiger partial charge in [-0.2, -0.15) is 5.10 Å². The van der Waals surface area contributed by atoms with Crippen molar-refractivity contribution in [2.75, 3.05) is 11.8 Å². The highest BCUT2D eigenvalue weighted by atomic mass is 32.2. The lowest BCUT2D eigenvalue weighted by molar-refractivity contribution is 0.0529. The lowest BCUT2D eigenvalue weighted by atomic mass is 10.1. The van der Waals surface area contributed by atoms with Gasteiger partial charge in [0.15, 0.2) is 0 Å². The van der Waals surface area contributed by atoms with E-state index in [4.69, 9.17) is 9.47 Å². The van der Waals surface area contributed by atoms with Crippen LogP contribution in [0.15, 0.2) is 58.5 Å². The van der Waals surface area contributed by atoms with E-state index in [9.17, 15) is 13.2 Å². The molecule has 156 valence electrons. The number of rotatable bonds is 6. The van der Waals surface area contributed by atoms with Crippen molar-refractivity contribution in [3.8, 4) is 5.75 Å². The van der Waals surface area contributed by atoms with Crippen LogP contribution >= 0.6 is 0 Å². The van der Waals surface area contributed by atoms with E-state index in [0.29, 0.717) is 22.7 Å². The first kappa shape index (κ1) is 22.2. The predicted octanol–water partition coefficient (Wildman–Crippen LogP) is 3.74. The second-order valence-corrected chi connectivity index (χ2v) is 8.85. The van der Waals surface area contributed by atoms with Crippen LogP contribution in [0.3, 0.4) is 0 Å². The molecule has 0 aliphatic heterocycles. The van der Waals surface area contributed by atoms with Crippen molar-refractivity contribution in [1.29, 1.82) is 0 Å². The van der Waals surface area contributed by atoms with Gasteiger partial charge < -0.3 is 9.47 Å². The molecule has 2 aromatic rings. The summed E-state index contributed by atoms with van der Waals surface area (Å²) in [5.41, 5.74) is 3.27. The standard InChI is InChI=1S/C20H25N3O5S/c1-14(21-22-19(24)28-20(2,3)4)15-6-12-18(13-7-15)29(25,26)23-16-8-10-17(27-5)11-9-16/h6-13,23H,1-5H3,(H,22,24)/b21-14-. The maximum Gasteiger partial charge on any atom is 0.428 e. The van der Waals surface area contributed by atoms with Crippen molar-refractivity contribution in [2.45, 2.75) is 38.2 Å². The molecule has 0 fully saturated rings. The molecular formula is C20H25N3O5S. The predicted molar refractivity (Wildman–Crippen MR) is 112 cm³/mol. The summed E-state index contributed by atoms with van der Waals surface area (Å²) in [4.78, 5) is 11.8. The number of carbonyl (C=O) groups is 1. The first-order valence-electron chi connectivity index (χ1n) is 8.81. The summed E-state index contributed by atoms with van der Waals surface area (Å²) >= 11 is 0. The van der Waals surface area contributed by atoms with E-state index in [2.05, 4.69) is 15.2 Å². The third-order valence-corrected chi connectivity index (χ3v) is 5.04. The molecule has 8 nitrogen and oxygen atoms in total. The van der Waals surface area contributed by atoms with Crippen molar-refractivity contribution < 1.29 is 22.7 Å². The molecule has 0 aliphatic carbocycles. The molecule has 9 heteroatoms. The Morgan fingerprint density at radius 2 is 1.59 bits per heavy atom. The van der Waals surface area contributed by atoms with Gasteiger partial charge in [0, 0.05) is 5.69 Å². The number of methoxy groups -OCH3 is 1. The largest absolute Gasteiger partial charge is 0.497 e. The molecule has 2 aromatic carbocycles. The van der Waals surface area contributed by atoms with Crippen LogP contribution in [0.1, 0.15) is 33.3 Å². The molecule has 1 amide bonds. The Hall–Kier alpha value is -3.07. The van der Waals surface area contributed by atoms with Gasteiger partial charge in [-0.05, 0) is 69.7 Å². The van der Waals surface area contributed by atoms with Crippen LogP contribution in [0, 0.1) is 0 Å². The van der Waals surface area contributed by atoms with Gasteiger partial charge in [0.25, 0.3) is 10.0 Å². The van der Waals surface area contributed by atoms with E-state index in [-0.39, 0.29) is 4.90 Å². The fourth-order valence-corrected chi connectivity index (χ4v) is 3.30. The van der Waals surface area contributed by atoms with Crippen LogP contribution in [0.4, 0.5) is 10.5 Å². The number of sulfonamides is 1. The van der Waals surface area contributed by atoms with Gasteiger partial charge in [-0.25, -0.2) is 18.6 Å². The minimum absolute atomic E-state index is 0.102. The van der Waals surface area contributed by atoms with Crippen LogP contribution in [0.2, 0.25) is 0 Å². The number of ether oxygens (including phenoxy) is 2. The minimum Gasteiger partial charge on any atom is -0.497 e. The quantitative estimate of drug-likeness (QED) is 0.548. The number of hydrogen-bond donors (Lipinski definition) is 2. The average molecular weight is 420 g/mol. The number of nitrogens with zero attached hydrogens (tertiary/aromatic N) is 1. The third-order valence-electron chi connectivity index (χ3n) is 3.64. The highest BCUT2D eigenvalue weighted by molar-refractivity contribution is 7.92. The van der Waals surface area contributed by atoms with Crippen LogP contribution in [0.5, 0.6) is 5.75 Å². The summed E-state index contributed by atoms with van der Waals surface area (Å²) in [5.74, 6) is 0.632. The van der Waals surface area contributed by atoms with Crippen molar-refractivity contribution in [3.63, 3.8) is 0 Å². The molecule has 0 bridgehead atoms. The van der Waals surface area contributed by atoms with Gasteiger partial charge in [0.05, 0.1) is 17.7 Å². The van der Waals surface area contributed by atoms with Crippen molar-refractivity contribution in [3.05, 3.63) is 54.1 Å². The van der Waals surface area contributed by atoms with Crippen LogP contribution in [-0.4, -0.2) is 32.9 Å². The van der Waals surface area contributed by atoms with E-state index >= 15 is 0 Å². The van der Waals surface area contributed by atoms with Gasteiger partial charge in [0.1, 0.15) is 11.4 Å². The van der Waals surface area contributed by atoms with E-state index in [0.717, 1.165) is 0 Å². The molecule has 0 radical (unpaired) electrons. The summed E-state index contributed by atoms with van der Waals surface area (Å²) in [6.45, 7) is 6.95. The number of hydrazone groups is 1. The Balaban J connectivity index is 2.07. The summed E-state index contributed by atoms with van der Waals surface area (Å²) in [7, 11) is -2.21. The maximum absolute atomic E-state index is 12.5. The average Bonchev–Trinajstić information content (AvgIpc) is 2.65. The van der Waals surface area contributed by atoms with Gasteiger partial charge >= 0.3 is 6.09 Å². The summed E-state index contributed by atoms with van der Waals surface area (Å²) in [6.07, 6.45) is -0.667. The zero-order valence-electron chi connectivity index (χ0n) is 17.0. The first-order valence-corrected chi connectivity index (χ1v) is 10.3. The van der Waals surface area contributed by atoms with Crippen LogP contribution in [-0.2, 0) is 14.8 Å². The summed E-state index contributed by atoms with van der Waals surface area (Å²) < 4.78 is 37.7. The Labute approximate surface area is 171 Å². The number of hydrogen-bond acceptors (Lipinski definition) is 6. The zero-order valence-corrected chi connectivity index (χ0v) is 17.8. The van der Waals surface area contributed by atoms with E-state index in [1.165, 1.54) is 19.2 Å². The highest BCUT2D eigenvalue weighted by Crippen LogP contribution is 2.19. The van der Waals surface area contributed by atoms with E-state index in [1.807, 2.05) is 0 Å². The number of benzene rings is 2. The van der Waals surface area contributed by atoms with Gasteiger partial charge in [-0.3, -0.25) is 4.72 Å². The molecule has 2 N–H and O–H groups in total. The Morgan fingerprint density at radius 1 is 1.00 bits per heavy atom. The molecule has 0 atom stereocenters. The monoisotopic (exact) mass is 419 g/mol. The van der Waals surface area contributed by atoms with Crippen LogP contribution in [0.25, 0.3) is 0 Å². The van der Waals surface area contributed by atoms with Gasteiger partial charge in [0.2, 0.25) is 0 Å². The molecule has 0 unspecified atom stereocenters. The Morgan fingerprint density at radius 3 is 2.10 bits per heavy atom. The molecular weight excluding hydrogens is 394 g/mol. The second kappa shape index (κ2) is 8.95.